The van der Waals surface area contributed by atoms with Gasteiger partial charge < -0.3 is 24.4 Å². The number of rotatable bonds is 39. The first kappa shape index (κ1) is 46.5. The number of unbranched alkanes of at least 4 members (excludes halogenated alkanes) is 19. The molecule has 0 aliphatic heterocycles. The van der Waals surface area contributed by atoms with Crippen molar-refractivity contribution in [3.8, 4) is 0 Å². The van der Waals surface area contributed by atoms with Crippen LogP contribution in [0.15, 0.2) is 12.3 Å². The lowest BCUT2D eigenvalue weighted by Crippen LogP contribution is -2.29. The maximum absolute atomic E-state index is 13.2. The Morgan fingerprint density at radius 1 is 0.596 bits per heavy atom. The number of aliphatic hydroxyl groups excluding tert-OH is 2. The summed E-state index contributed by atoms with van der Waals surface area (Å²) in [6, 6.07) is 0. The lowest BCUT2D eigenvalue weighted by molar-refractivity contribution is -0.105. The average Bonchev–Trinajstić information content (AvgIpc) is 3.06. The van der Waals surface area contributed by atoms with Crippen LogP contribution >= 0.6 is 7.82 Å². The molecule has 0 aliphatic rings. The molecule has 0 aromatic carbocycles. The second-order valence-electron chi connectivity index (χ2n) is 13.1. The number of hydrogen-bond acceptors (Lipinski definition) is 8. The van der Waals surface area contributed by atoms with Gasteiger partial charge in [0.15, 0.2) is 6.29 Å². The molecule has 0 aromatic heterocycles. The number of allylic oxidation sites excluding steroid dienone is 1. The second-order valence-corrected chi connectivity index (χ2v) is 14.8. The predicted molar refractivity (Wildman–Crippen MR) is 198 cm³/mol. The average molecular weight is 692 g/mol. The summed E-state index contributed by atoms with van der Waals surface area (Å²) in [7, 11) is -3.58. The van der Waals surface area contributed by atoms with E-state index < -0.39 is 14.1 Å². The molecule has 0 heterocycles. The molecule has 0 aliphatic carbocycles. The number of phosphoric ester groups is 1. The Morgan fingerprint density at radius 3 is 1.64 bits per heavy atom. The van der Waals surface area contributed by atoms with Gasteiger partial charge in [0.1, 0.15) is 0 Å². The smallest absolute Gasteiger partial charge is 0.412 e. The first-order valence-corrected chi connectivity index (χ1v) is 21.3. The topological polar surface area (TPSA) is 97.7 Å². The molecule has 0 saturated heterocycles. The zero-order chi connectivity index (χ0) is 34.5. The van der Waals surface area contributed by atoms with Gasteiger partial charge in [0.2, 0.25) is 0 Å². The Morgan fingerprint density at radius 2 is 1.06 bits per heavy atom. The molecule has 0 spiro atoms. The van der Waals surface area contributed by atoms with Crippen LogP contribution in [0.5, 0.6) is 0 Å². The van der Waals surface area contributed by atoms with Crippen molar-refractivity contribution in [3.63, 3.8) is 0 Å². The van der Waals surface area contributed by atoms with Crippen LogP contribution in [-0.2, 0) is 22.9 Å². The third-order valence-electron chi connectivity index (χ3n) is 8.53. The van der Waals surface area contributed by atoms with Crippen molar-refractivity contribution in [1.82, 2.24) is 4.90 Å². The summed E-state index contributed by atoms with van der Waals surface area (Å²) in [5.74, 6) is 0. The number of phosphoric acid groups is 1. The summed E-state index contributed by atoms with van der Waals surface area (Å²) in [6.45, 7) is 11.0. The van der Waals surface area contributed by atoms with Crippen LogP contribution in [0, 0.1) is 0 Å². The molecule has 0 radical (unpaired) electrons. The lowest BCUT2D eigenvalue weighted by Gasteiger charge is -2.21. The molecule has 0 aromatic rings. The van der Waals surface area contributed by atoms with Gasteiger partial charge in [-0.25, -0.2) is 4.57 Å². The van der Waals surface area contributed by atoms with E-state index >= 15 is 0 Å². The van der Waals surface area contributed by atoms with Gasteiger partial charge in [-0.05, 0) is 77.0 Å². The van der Waals surface area contributed by atoms with Gasteiger partial charge in [-0.15, -0.1) is 0 Å². The molecule has 0 bridgehead atoms. The lowest BCUT2D eigenvalue weighted by atomic mass is 10.1. The maximum atomic E-state index is 13.2. The van der Waals surface area contributed by atoms with Crippen LogP contribution in [0.25, 0.3) is 0 Å². The third kappa shape index (κ3) is 33.8. The van der Waals surface area contributed by atoms with E-state index in [1.807, 2.05) is 6.08 Å². The Balaban J connectivity index is 4.07. The highest BCUT2D eigenvalue weighted by molar-refractivity contribution is 7.48. The van der Waals surface area contributed by atoms with Crippen LogP contribution in [-0.4, -0.2) is 67.5 Å². The highest BCUT2D eigenvalue weighted by atomic mass is 31.2. The van der Waals surface area contributed by atoms with E-state index in [-0.39, 0.29) is 6.61 Å². The molecular formula is C38H78NO7P. The maximum Gasteiger partial charge on any atom is 0.529 e. The molecule has 0 rings (SSSR count). The molecule has 2 N–H and O–H groups in total. The standard InChI is InChI=1S/C38H78NO7P/c1-4-7-10-13-20-27-36-45-47(42,44-35-26-19-11-8-5-2)46-37-28-21-15-18-24-31-39(32-33-40)30-23-17-14-16-22-29-38(41)43-34-25-12-9-6-3/h26,35,38,40-41H,4-25,27-34,36-37H2,1-3H3/b35-26+. The van der Waals surface area contributed by atoms with E-state index in [4.69, 9.17) is 18.3 Å². The Kier molecular flexibility index (Phi) is 36.4. The molecule has 282 valence electrons. The van der Waals surface area contributed by atoms with Crippen LogP contribution in [0.1, 0.15) is 181 Å². The molecule has 8 nitrogen and oxygen atoms in total. The number of hydrogen-bond donors (Lipinski definition) is 2. The molecule has 0 amide bonds. The summed E-state index contributed by atoms with van der Waals surface area (Å²) in [6.07, 6.45) is 30.3. The number of aliphatic hydroxyl groups is 2. The summed E-state index contributed by atoms with van der Waals surface area (Å²) in [4.78, 5) is 2.38. The summed E-state index contributed by atoms with van der Waals surface area (Å²) < 4.78 is 35.6. The molecule has 47 heavy (non-hydrogen) atoms. The van der Waals surface area contributed by atoms with Crippen molar-refractivity contribution >= 4 is 7.82 Å². The Bertz CT molecular complexity index is 697. The van der Waals surface area contributed by atoms with Crippen LogP contribution in [0.2, 0.25) is 0 Å². The van der Waals surface area contributed by atoms with Crippen molar-refractivity contribution in [1.29, 1.82) is 0 Å². The van der Waals surface area contributed by atoms with Gasteiger partial charge in [0, 0.05) is 13.2 Å². The normalized spacial score (nSPS) is 13.9. The van der Waals surface area contributed by atoms with Crippen LogP contribution in [0.3, 0.4) is 0 Å². The minimum absolute atomic E-state index is 0.199. The summed E-state index contributed by atoms with van der Waals surface area (Å²) in [5.41, 5.74) is 0. The van der Waals surface area contributed by atoms with Gasteiger partial charge >= 0.3 is 7.82 Å². The summed E-state index contributed by atoms with van der Waals surface area (Å²) >= 11 is 0. The van der Waals surface area contributed by atoms with Crippen molar-refractivity contribution < 1.29 is 33.1 Å². The highest BCUT2D eigenvalue weighted by Crippen LogP contribution is 2.50. The molecule has 0 fully saturated rings. The van der Waals surface area contributed by atoms with Gasteiger partial charge in [-0.3, -0.25) is 9.05 Å². The Labute approximate surface area is 291 Å². The second kappa shape index (κ2) is 36.8. The SMILES string of the molecule is CCCCC/C=C/OP(=O)(OCCCCCCCC)OCCCCCCCN(CCO)CCCCCCCC(O)OCCCCCC. The molecule has 2 atom stereocenters. The predicted octanol–water partition coefficient (Wildman–Crippen LogP) is 11.1. The van der Waals surface area contributed by atoms with E-state index in [2.05, 4.69) is 25.7 Å². The first-order valence-electron chi connectivity index (χ1n) is 19.9. The van der Waals surface area contributed by atoms with Crippen LogP contribution < -0.4 is 0 Å². The Hall–Kier alpha value is -0.470. The van der Waals surface area contributed by atoms with Gasteiger partial charge in [0.05, 0.1) is 26.1 Å². The van der Waals surface area contributed by atoms with E-state index in [9.17, 15) is 14.8 Å². The minimum Gasteiger partial charge on any atom is -0.412 e. The van der Waals surface area contributed by atoms with Crippen molar-refractivity contribution in [2.75, 3.05) is 46.1 Å². The molecular weight excluding hydrogens is 613 g/mol. The fourth-order valence-corrected chi connectivity index (χ4v) is 6.63. The molecule has 9 heteroatoms. The number of nitrogens with zero attached hydrogens (tertiary/aromatic N) is 1. The van der Waals surface area contributed by atoms with E-state index in [0.29, 0.717) is 19.8 Å². The quantitative estimate of drug-likeness (QED) is 0.0284. The zero-order valence-corrected chi connectivity index (χ0v) is 32.1. The van der Waals surface area contributed by atoms with Crippen molar-refractivity contribution in [2.45, 2.75) is 188 Å². The molecule has 2 unspecified atom stereocenters. The largest absolute Gasteiger partial charge is 0.529 e. The zero-order valence-electron chi connectivity index (χ0n) is 31.2. The van der Waals surface area contributed by atoms with E-state index in [1.165, 1.54) is 76.9 Å². The van der Waals surface area contributed by atoms with Crippen molar-refractivity contribution in [2.24, 2.45) is 0 Å². The fraction of sp³-hybridized carbons (Fsp3) is 0.947. The van der Waals surface area contributed by atoms with Gasteiger partial charge in [-0.2, -0.15) is 0 Å². The van der Waals surface area contributed by atoms with Crippen molar-refractivity contribution in [3.05, 3.63) is 12.3 Å². The van der Waals surface area contributed by atoms with E-state index in [0.717, 1.165) is 110 Å². The minimum atomic E-state index is -3.58. The fourth-order valence-electron chi connectivity index (χ4n) is 5.49. The molecule has 0 saturated carbocycles. The monoisotopic (exact) mass is 692 g/mol. The summed E-state index contributed by atoms with van der Waals surface area (Å²) in [5, 5.41) is 19.5. The van der Waals surface area contributed by atoms with Gasteiger partial charge in [0.25, 0.3) is 0 Å². The first-order chi connectivity index (χ1) is 23.0. The van der Waals surface area contributed by atoms with Crippen LogP contribution in [0.4, 0.5) is 0 Å². The number of ether oxygens (including phenoxy) is 1. The highest BCUT2D eigenvalue weighted by Gasteiger charge is 2.26. The van der Waals surface area contributed by atoms with E-state index in [1.54, 1.807) is 0 Å². The van der Waals surface area contributed by atoms with Gasteiger partial charge in [-0.1, -0.05) is 124 Å². The third-order valence-corrected chi connectivity index (χ3v) is 9.90.